The molecule has 0 spiro atoms. The van der Waals surface area contributed by atoms with Crippen molar-refractivity contribution in [2.75, 3.05) is 13.2 Å². The topological polar surface area (TPSA) is 67.4 Å². The summed E-state index contributed by atoms with van der Waals surface area (Å²) in [5.74, 6) is -0.127. The van der Waals surface area contributed by atoms with Crippen molar-refractivity contribution in [1.82, 2.24) is 10.6 Å². The second kappa shape index (κ2) is 9.42. The van der Waals surface area contributed by atoms with Crippen LogP contribution in [0.2, 0.25) is 0 Å². The largest absolute Gasteiger partial charge is 0.450 e. The van der Waals surface area contributed by atoms with E-state index in [1.54, 1.807) is 6.92 Å². The fourth-order valence-electron chi connectivity index (χ4n) is 2.42. The maximum Gasteiger partial charge on any atom is 0.407 e. The Labute approximate surface area is 127 Å². The molecule has 1 rings (SSSR count). The average Bonchev–Trinajstić information content (AvgIpc) is 2.45. The molecule has 0 unspecified atom stereocenters. The fraction of sp³-hybridized carbons (Fsp3) is 0.750. The molecule has 0 aromatic rings. The lowest BCUT2D eigenvalue weighted by molar-refractivity contribution is -0.124. The fourth-order valence-corrected chi connectivity index (χ4v) is 2.42. The summed E-state index contributed by atoms with van der Waals surface area (Å²) in [5.41, 5.74) is 1.43. The number of rotatable bonds is 7. The van der Waals surface area contributed by atoms with Crippen molar-refractivity contribution in [2.45, 2.75) is 58.9 Å². The van der Waals surface area contributed by atoms with Gasteiger partial charge in [-0.05, 0) is 44.9 Å². The number of hydrogen-bond acceptors (Lipinski definition) is 3. The van der Waals surface area contributed by atoms with Gasteiger partial charge in [-0.1, -0.05) is 25.5 Å². The maximum absolute atomic E-state index is 12.2. The molecule has 5 nitrogen and oxygen atoms in total. The molecule has 5 heteroatoms. The molecule has 0 saturated carbocycles. The van der Waals surface area contributed by atoms with Crippen LogP contribution >= 0.6 is 0 Å². The maximum atomic E-state index is 12.2. The molecule has 21 heavy (non-hydrogen) atoms. The number of ether oxygens (including phenoxy) is 1. The number of nitrogens with one attached hydrogen (secondary N) is 2. The first-order chi connectivity index (χ1) is 10.0. The Balaban J connectivity index is 2.38. The Hall–Kier alpha value is -1.52. The summed E-state index contributed by atoms with van der Waals surface area (Å²) in [6.45, 7) is 6.47. The van der Waals surface area contributed by atoms with Gasteiger partial charge >= 0.3 is 6.09 Å². The van der Waals surface area contributed by atoms with E-state index in [1.807, 2.05) is 13.8 Å². The van der Waals surface area contributed by atoms with Crippen LogP contribution in [0.5, 0.6) is 0 Å². The van der Waals surface area contributed by atoms with E-state index in [0.717, 1.165) is 19.3 Å². The molecular formula is C16H28N2O3. The van der Waals surface area contributed by atoms with E-state index >= 15 is 0 Å². The molecule has 2 amide bonds. The van der Waals surface area contributed by atoms with Crippen molar-refractivity contribution in [2.24, 2.45) is 5.92 Å². The highest BCUT2D eigenvalue weighted by atomic mass is 16.5. The molecule has 0 saturated heterocycles. The minimum Gasteiger partial charge on any atom is -0.450 e. The van der Waals surface area contributed by atoms with E-state index in [0.29, 0.717) is 13.2 Å². The van der Waals surface area contributed by atoms with E-state index < -0.39 is 12.1 Å². The second-order valence-electron chi connectivity index (χ2n) is 5.74. The van der Waals surface area contributed by atoms with E-state index in [-0.39, 0.29) is 11.8 Å². The van der Waals surface area contributed by atoms with Crippen LogP contribution in [-0.2, 0) is 9.53 Å². The summed E-state index contributed by atoms with van der Waals surface area (Å²) in [7, 11) is 0. The number of allylic oxidation sites excluding steroid dienone is 1. The van der Waals surface area contributed by atoms with Crippen LogP contribution in [0.1, 0.15) is 52.9 Å². The van der Waals surface area contributed by atoms with Crippen LogP contribution in [0.25, 0.3) is 0 Å². The predicted molar refractivity (Wildman–Crippen MR) is 83.0 cm³/mol. The molecule has 0 fully saturated rings. The summed E-state index contributed by atoms with van der Waals surface area (Å²) in [6.07, 6.45) is 7.46. The Morgan fingerprint density at radius 2 is 2.10 bits per heavy atom. The van der Waals surface area contributed by atoms with Gasteiger partial charge in [0, 0.05) is 6.54 Å². The first-order valence-electron chi connectivity index (χ1n) is 7.93. The van der Waals surface area contributed by atoms with Crippen molar-refractivity contribution < 1.29 is 14.3 Å². The van der Waals surface area contributed by atoms with E-state index in [1.165, 1.54) is 18.4 Å². The molecule has 1 atom stereocenters. The number of amides is 2. The van der Waals surface area contributed by atoms with E-state index in [9.17, 15) is 9.59 Å². The van der Waals surface area contributed by atoms with Gasteiger partial charge in [-0.2, -0.15) is 0 Å². The number of hydrogen-bond donors (Lipinski definition) is 2. The van der Waals surface area contributed by atoms with Gasteiger partial charge in [-0.15, -0.1) is 0 Å². The van der Waals surface area contributed by atoms with Gasteiger partial charge in [0.2, 0.25) is 5.91 Å². The zero-order chi connectivity index (χ0) is 15.7. The molecule has 1 aliphatic rings. The van der Waals surface area contributed by atoms with Crippen molar-refractivity contribution in [3.05, 3.63) is 11.6 Å². The first kappa shape index (κ1) is 17.5. The van der Waals surface area contributed by atoms with Crippen LogP contribution < -0.4 is 10.6 Å². The lowest BCUT2D eigenvalue weighted by Crippen LogP contribution is -2.50. The van der Waals surface area contributed by atoms with Crippen molar-refractivity contribution in [1.29, 1.82) is 0 Å². The van der Waals surface area contributed by atoms with Crippen LogP contribution in [-0.4, -0.2) is 31.2 Å². The Bertz CT molecular complexity index is 378. The molecule has 0 aromatic heterocycles. The van der Waals surface area contributed by atoms with Gasteiger partial charge in [0.05, 0.1) is 6.61 Å². The van der Waals surface area contributed by atoms with Gasteiger partial charge in [0.15, 0.2) is 0 Å². The van der Waals surface area contributed by atoms with Gasteiger partial charge in [0.1, 0.15) is 6.04 Å². The van der Waals surface area contributed by atoms with E-state index in [4.69, 9.17) is 4.74 Å². The average molecular weight is 296 g/mol. The highest BCUT2D eigenvalue weighted by Gasteiger charge is 2.24. The first-order valence-corrected chi connectivity index (χ1v) is 7.93. The summed E-state index contributed by atoms with van der Waals surface area (Å²) in [6, 6.07) is -0.551. The second-order valence-corrected chi connectivity index (χ2v) is 5.74. The van der Waals surface area contributed by atoms with E-state index in [2.05, 4.69) is 16.7 Å². The summed E-state index contributed by atoms with van der Waals surface area (Å²) < 4.78 is 4.83. The third-order valence-corrected chi connectivity index (χ3v) is 3.63. The van der Waals surface area contributed by atoms with Gasteiger partial charge in [-0.3, -0.25) is 4.79 Å². The number of alkyl carbamates (subject to hydrolysis) is 1. The molecule has 0 heterocycles. The lowest BCUT2D eigenvalue weighted by Gasteiger charge is -2.21. The number of carbonyl (C=O) groups is 2. The summed E-state index contributed by atoms with van der Waals surface area (Å²) in [5, 5.41) is 5.53. The Morgan fingerprint density at radius 1 is 1.33 bits per heavy atom. The normalized spacial score (nSPS) is 16.1. The monoisotopic (exact) mass is 296 g/mol. The minimum atomic E-state index is -0.551. The Morgan fingerprint density at radius 3 is 2.67 bits per heavy atom. The van der Waals surface area contributed by atoms with Crippen LogP contribution in [0.4, 0.5) is 4.79 Å². The molecule has 0 aromatic carbocycles. The minimum absolute atomic E-state index is 0.0169. The zero-order valence-electron chi connectivity index (χ0n) is 13.4. The summed E-state index contributed by atoms with van der Waals surface area (Å²) in [4.78, 5) is 23.6. The van der Waals surface area contributed by atoms with Crippen LogP contribution in [0, 0.1) is 5.92 Å². The zero-order valence-corrected chi connectivity index (χ0v) is 13.4. The third kappa shape index (κ3) is 6.65. The highest BCUT2D eigenvalue weighted by molar-refractivity contribution is 5.85. The molecule has 2 N–H and O–H groups in total. The molecule has 0 bridgehead atoms. The quantitative estimate of drug-likeness (QED) is 0.710. The lowest BCUT2D eigenvalue weighted by atomic mass is 9.97. The SMILES string of the molecule is CCOC(=O)N[C@@H](C(=O)NCCC1=CCCCC1)C(C)C. The van der Waals surface area contributed by atoms with Gasteiger partial charge in [0.25, 0.3) is 0 Å². The standard InChI is InChI=1S/C16H28N2O3/c1-4-21-16(20)18-14(12(2)3)15(19)17-11-10-13-8-6-5-7-9-13/h8,12,14H,4-7,9-11H2,1-3H3,(H,17,19)(H,18,20)/t14-/m1/s1. The van der Waals surface area contributed by atoms with Crippen molar-refractivity contribution in [3.8, 4) is 0 Å². The van der Waals surface area contributed by atoms with Gasteiger partial charge in [-0.25, -0.2) is 4.79 Å². The highest BCUT2D eigenvalue weighted by Crippen LogP contribution is 2.19. The molecule has 1 aliphatic carbocycles. The molecule has 120 valence electrons. The summed E-state index contributed by atoms with van der Waals surface area (Å²) >= 11 is 0. The smallest absolute Gasteiger partial charge is 0.407 e. The van der Waals surface area contributed by atoms with Crippen molar-refractivity contribution >= 4 is 12.0 Å². The number of carbonyl (C=O) groups excluding carboxylic acids is 2. The Kier molecular flexibility index (Phi) is 7.87. The third-order valence-electron chi connectivity index (χ3n) is 3.63. The molecule has 0 radical (unpaired) electrons. The van der Waals surface area contributed by atoms with Crippen LogP contribution in [0.3, 0.4) is 0 Å². The molecular weight excluding hydrogens is 268 g/mol. The van der Waals surface area contributed by atoms with Gasteiger partial charge < -0.3 is 15.4 Å². The molecule has 0 aliphatic heterocycles. The van der Waals surface area contributed by atoms with Crippen molar-refractivity contribution in [3.63, 3.8) is 0 Å². The predicted octanol–water partition coefficient (Wildman–Crippen LogP) is 2.76. The van der Waals surface area contributed by atoms with Crippen LogP contribution in [0.15, 0.2) is 11.6 Å².